The molecule has 0 aromatic heterocycles. The molecule has 4 bridgehead atoms. The van der Waals surface area contributed by atoms with Gasteiger partial charge in [-0.1, -0.05) is 55.3 Å². The fraction of sp³-hybridized carbons (Fsp3) is 0.673. The number of imide groups is 1. The summed E-state index contributed by atoms with van der Waals surface area (Å²) >= 11 is 8.38. The van der Waals surface area contributed by atoms with E-state index >= 15 is 0 Å². The lowest BCUT2D eigenvalue weighted by atomic mass is 9.81. The highest BCUT2D eigenvalue weighted by Crippen LogP contribution is 2.50. The quantitative estimate of drug-likeness (QED) is 0.141. The summed E-state index contributed by atoms with van der Waals surface area (Å²) in [6.45, 7) is 9.84. The number of ether oxygens (including phenoxy) is 3. The molecule has 0 spiro atoms. The number of nitrogens with zero attached hydrogens (tertiary/aromatic N) is 2. The van der Waals surface area contributed by atoms with Crippen LogP contribution < -0.4 is 15.5 Å². The summed E-state index contributed by atoms with van der Waals surface area (Å²) in [5.74, 6) is -1.05. The lowest BCUT2D eigenvalue weighted by Gasteiger charge is -2.41. The lowest BCUT2D eigenvalue weighted by molar-refractivity contribution is -0.160. The number of epoxide rings is 1. The van der Waals surface area contributed by atoms with Crippen molar-refractivity contribution in [3.8, 4) is 0 Å². The summed E-state index contributed by atoms with van der Waals surface area (Å²) in [5, 5.41) is 17.2. The number of allylic oxidation sites excluding steroid dienone is 3. The third-order valence-electron chi connectivity index (χ3n) is 15.2. The molecule has 8 atom stereocenters. The highest BCUT2D eigenvalue weighted by molar-refractivity contribution is 8.00. The number of alkyl carbamates (subject to hydrolysis) is 1. The molecule has 7 rings (SSSR count). The molecule has 14 nitrogen and oxygen atoms in total. The van der Waals surface area contributed by atoms with E-state index in [-0.39, 0.29) is 60.6 Å². The van der Waals surface area contributed by atoms with Crippen LogP contribution in [-0.4, -0.2) is 107 Å². The van der Waals surface area contributed by atoms with Crippen LogP contribution in [0.2, 0.25) is 5.02 Å². The molecule has 1 aromatic carbocycles. The zero-order chi connectivity index (χ0) is 47.0. The van der Waals surface area contributed by atoms with E-state index in [9.17, 15) is 33.9 Å². The fourth-order valence-corrected chi connectivity index (χ4v) is 12.2. The third-order valence-corrected chi connectivity index (χ3v) is 17.1. The molecular formula is C49H67ClN4O10S. The maximum atomic E-state index is 14.3. The number of hydrogen-bond donors (Lipinski definition) is 3. The van der Waals surface area contributed by atoms with Crippen LogP contribution in [-0.2, 0) is 44.6 Å². The van der Waals surface area contributed by atoms with Crippen molar-refractivity contribution in [2.24, 2.45) is 35.5 Å². The second-order valence-corrected chi connectivity index (χ2v) is 21.5. The molecule has 3 saturated heterocycles. The largest absolute Gasteiger partial charge is 0.458 e. The summed E-state index contributed by atoms with van der Waals surface area (Å²) in [4.78, 5) is 82.8. The van der Waals surface area contributed by atoms with Gasteiger partial charge < -0.3 is 29.5 Å². The Balaban J connectivity index is 1.01. The molecule has 2 aliphatic carbocycles. The Morgan fingerprint density at radius 3 is 2.35 bits per heavy atom. The van der Waals surface area contributed by atoms with Gasteiger partial charge in [0.2, 0.25) is 23.6 Å². The molecular weight excluding hydrogens is 872 g/mol. The van der Waals surface area contributed by atoms with Gasteiger partial charge in [-0.15, -0.1) is 11.8 Å². The van der Waals surface area contributed by atoms with Gasteiger partial charge in [-0.25, -0.2) is 4.79 Å². The van der Waals surface area contributed by atoms with Crippen molar-refractivity contribution in [1.29, 1.82) is 0 Å². The summed E-state index contributed by atoms with van der Waals surface area (Å²) < 4.78 is 18.5. The maximum Gasteiger partial charge on any atom is 0.409 e. The van der Waals surface area contributed by atoms with Gasteiger partial charge in [0.25, 0.3) is 0 Å². The Kier molecular flexibility index (Phi) is 15.2. The number of fused-ring (bicyclic) bond motifs is 5. The van der Waals surface area contributed by atoms with E-state index < -0.39 is 64.7 Å². The monoisotopic (exact) mass is 938 g/mol. The average Bonchev–Trinajstić information content (AvgIpc) is 3.90. The van der Waals surface area contributed by atoms with Crippen molar-refractivity contribution in [2.75, 3.05) is 31.3 Å². The zero-order valence-electron chi connectivity index (χ0n) is 38.9. The van der Waals surface area contributed by atoms with E-state index in [4.69, 9.17) is 25.8 Å². The van der Waals surface area contributed by atoms with Gasteiger partial charge >= 0.3 is 12.1 Å². The van der Waals surface area contributed by atoms with Gasteiger partial charge in [0, 0.05) is 51.2 Å². The number of carbonyl (C=O) groups excluding carboxylic acids is 6. The van der Waals surface area contributed by atoms with Crippen LogP contribution in [0.25, 0.3) is 0 Å². The van der Waals surface area contributed by atoms with E-state index in [1.165, 1.54) is 21.6 Å². The molecule has 16 heteroatoms. The second-order valence-electron chi connectivity index (χ2n) is 19.9. The fourth-order valence-electron chi connectivity index (χ4n) is 10.6. The molecule has 5 fully saturated rings. The number of likely N-dealkylation sites (tertiary alicyclic amines) is 1. The van der Waals surface area contributed by atoms with Crippen LogP contribution in [0.3, 0.4) is 0 Å². The van der Waals surface area contributed by atoms with E-state index in [1.807, 2.05) is 65.0 Å². The summed E-state index contributed by atoms with van der Waals surface area (Å²) in [7, 11) is 3.32. The highest BCUT2D eigenvalue weighted by Gasteiger charge is 2.64. The molecule has 4 aliphatic heterocycles. The van der Waals surface area contributed by atoms with E-state index in [2.05, 4.69) is 10.6 Å². The van der Waals surface area contributed by atoms with Crippen molar-refractivity contribution in [3.05, 3.63) is 52.1 Å². The Hall–Kier alpha value is -3.92. The van der Waals surface area contributed by atoms with Crippen LogP contribution in [0.4, 0.5) is 10.5 Å². The second kappa shape index (κ2) is 20.1. The van der Waals surface area contributed by atoms with Crippen LogP contribution in [0.15, 0.2) is 35.9 Å². The lowest BCUT2D eigenvalue weighted by Crippen LogP contribution is -2.60. The number of carbonyl (C=O) groups is 6. The number of aliphatic hydroxyl groups is 1. The predicted octanol–water partition coefficient (Wildman–Crippen LogP) is 6.81. The topological polar surface area (TPSA) is 184 Å². The van der Waals surface area contributed by atoms with Crippen molar-refractivity contribution in [1.82, 2.24) is 15.5 Å². The first kappa shape index (κ1) is 49.0. The van der Waals surface area contributed by atoms with Crippen LogP contribution >= 0.6 is 23.4 Å². The van der Waals surface area contributed by atoms with Crippen molar-refractivity contribution < 1.29 is 48.1 Å². The third kappa shape index (κ3) is 10.9. The number of hydrogen-bond acceptors (Lipinski definition) is 11. The molecule has 2 saturated carbocycles. The number of amides is 5. The number of rotatable bonds is 8. The van der Waals surface area contributed by atoms with Crippen molar-refractivity contribution in [3.63, 3.8) is 0 Å². The molecule has 1 aromatic rings. The van der Waals surface area contributed by atoms with Gasteiger partial charge in [0.05, 0.1) is 34.4 Å². The summed E-state index contributed by atoms with van der Waals surface area (Å²) in [6.07, 6.45) is 9.16. The molecule has 5 amide bonds. The Labute approximate surface area is 392 Å². The summed E-state index contributed by atoms with van der Waals surface area (Å²) in [5.41, 5.74) is 0.650. The van der Waals surface area contributed by atoms with Gasteiger partial charge in [0.1, 0.15) is 23.5 Å². The minimum Gasteiger partial charge on any atom is -0.458 e. The van der Waals surface area contributed by atoms with Gasteiger partial charge in [0.15, 0.2) is 0 Å². The molecule has 65 heavy (non-hydrogen) atoms. The van der Waals surface area contributed by atoms with Gasteiger partial charge in [-0.2, -0.15) is 0 Å². The number of esters is 1. The number of benzene rings is 1. The predicted molar refractivity (Wildman–Crippen MR) is 248 cm³/mol. The number of nitrogens with one attached hydrogen (secondary N) is 2. The first-order valence-corrected chi connectivity index (χ1v) is 24.9. The van der Waals surface area contributed by atoms with Gasteiger partial charge in [-0.05, 0) is 113 Å². The van der Waals surface area contributed by atoms with Crippen LogP contribution in [0.5, 0.6) is 0 Å². The van der Waals surface area contributed by atoms with Crippen molar-refractivity contribution >= 4 is 64.7 Å². The summed E-state index contributed by atoms with van der Waals surface area (Å²) in [6, 6.07) is 3.90. The average molecular weight is 940 g/mol. The molecule has 356 valence electrons. The molecule has 1 unspecified atom stereocenters. The maximum absolute atomic E-state index is 14.3. The molecule has 3 N–H and O–H groups in total. The van der Waals surface area contributed by atoms with Crippen LogP contribution in [0.1, 0.15) is 109 Å². The Morgan fingerprint density at radius 2 is 1.66 bits per heavy atom. The highest BCUT2D eigenvalue weighted by atomic mass is 35.5. The normalized spacial score (nSPS) is 37.0. The molecule has 0 radical (unpaired) electrons. The van der Waals surface area contributed by atoms with E-state index in [0.29, 0.717) is 42.3 Å². The van der Waals surface area contributed by atoms with Crippen molar-refractivity contribution in [2.45, 2.75) is 147 Å². The number of halogens is 1. The first-order chi connectivity index (χ1) is 30.8. The Morgan fingerprint density at radius 1 is 0.985 bits per heavy atom. The van der Waals surface area contributed by atoms with E-state index in [0.717, 1.165) is 55.2 Å². The van der Waals surface area contributed by atoms with E-state index in [1.54, 1.807) is 14.1 Å². The Bertz CT molecular complexity index is 2080. The van der Waals surface area contributed by atoms with Gasteiger partial charge in [-0.3, -0.25) is 34.2 Å². The van der Waals surface area contributed by atoms with Crippen LogP contribution in [0, 0.1) is 42.4 Å². The smallest absolute Gasteiger partial charge is 0.409 e. The minimum absolute atomic E-state index is 0.00469. The SMILES string of the molecule is CNC(=O)C1CCC(CN2C(=O)CC(SCC3CCC(C(=O)O[C@H]4CC(=O)N(C)c5cc(cc(C)c5Cl)C/C(C)=C/C=C/[C@@H](C)[C@@]5(O)C[C@H](OC(=O)N5)[C@@H](C)[C@@H]5O[C@@]45C)CC3)C2=O)CC1. The zero-order valence-corrected chi connectivity index (χ0v) is 40.4. The number of aryl methyl sites for hydroxylation is 1. The number of thioether (sulfide) groups is 1. The molecule has 4 heterocycles. The standard InChI is InChI=1S/C49H67ClN4O10S/c1-27-9-8-10-29(3)49(61)24-37(62-47(60)52-49)30(4)43-48(5,64-43)39(23-40(55)53(7)36-21-33(19-27)20-28(2)42(36)50)63-46(59)35-17-13-32(14-18-35)26-65-38-22-41(56)54(45(38)58)25-31-11-15-34(16-12-31)44(57)51-6/h8-10,20-21,29-32,34-35,37-39,43,61H,11-19,22-26H2,1-7H3,(H,51,57)(H,52,60)/b10-8+,27-9+/t29-,30-,31?,32?,34?,35?,37+,38?,39+,43+,48+,49+/m1/s1. The minimum atomic E-state index is -1.59. The molecule has 6 aliphatic rings. The number of anilines is 1. The first-order valence-electron chi connectivity index (χ1n) is 23.5.